The monoisotopic (exact) mass is 324 g/mol. The van der Waals surface area contributed by atoms with Crippen LogP contribution in [0, 0.1) is 35.0 Å². The van der Waals surface area contributed by atoms with Crippen molar-refractivity contribution in [2.45, 2.75) is 61.3 Å². The second-order valence-electron chi connectivity index (χ2n) is 8.85. The number of aryl methyl sites for hydroxylation is 1. The molecule has 3 aliphatic carbocycles. The predicted octanol–water partition coefficient (Wildman–Crippen LogP) is 6.07. The number of hydrogen-bond acceptors (Lipinski definition) is 1. The zero-order valence-corrected chi connectivity index (χ0v) is 16.4. The molecule has 4 unspecified atom stereocenters. The van der Waals surface area contributed by atoms with Gasteiger partial charge in [-0.25, -0.2) is 0 Å². The van der Waals surface area contributed by atoms with Crippen LogP contribution in [-0.2, 0) is 4.79 Å². The van der Waals surface area contributed by atoms with Crippen LogP contribution in [0.1, 0.15) is 65.5 Å². The molecule has 1 aromatic rings. The molecule has 1 nitrogen and oxygen atoms in total. The summed E-state index contributed by atoms with van der Waals surface area (Å²) in [7, 11) is 0. The first kappa shape index (κ1) is 17.5. The van der Waals surface area contributed by atoms with Crippen LogP contribution < -0.4 is 0 Å². The summed E-state index contributed by atoms with van der Waals surface area (Å²) in [4.78, 5) is 13.1. The molecule has 0 amide bonds. The SMILES string of the molecule is CCC.Cc1ccc(/C=C2\C(=O)C3(C)C(C)(C)C34C(C)CC24)cc1. The van der Waals surface area contributed by atoms with E-state index in [-0.39, 0.29) is 16.2 Å². The van der Waals surface area contributed by atoms with Gasteiger partial charge in [-0.1, -0.05) is 77.8 Å². The van der Waals surface area contributed by atoms with Crippen molar-refractivity contribution in [1.82, 2.24) is 0 Å². The molecule has 3 fully saturated rings. The largest absolute Gasteiger partial charge is 0.294 e. The lowest BCUT2D eigenvalue weighted by atomic mass is 9.58. The molecule has 0 aromatic heterocycles. The molecule has 0 radical (unpaired) electrons. The molecule has 0 bridgehead atoms. The zero-order chi connectivity index (χ0) is 17.9. The fourth-order valence-corrected chi connectivity index (χ4v) is 6.27. The highest BCUT2D eigenvalue weighted by Gasteiger charge is 2.93. The summed E-state index contributed by atoms with van der Waals surface area (Å²) in [5.74, 6) is 1.58. The topological polar surface area (TPSA) is 17.1 Å². The molecule has 4 rings (SSSR count). The Labute approximate surface area is 147 Å². The Kier molecular flexibility index (Phi) is 3.86. The van der Waals surface area contributed by atoms with Gasteiger partial charge in [0.1, 0.15) is 0 Å². The van der Waals surface area contributed by atoms with E-state index in [0.717, 1.165) is 5.57 Å². The average molecular weight is 325 g/mol. The van der Waals surface area contributed by atoms with Crippen molar-refractivity contribution in [3.63, 3.8) is 0 Å². The first-order valence-electron chi connectivity index (χ1n) is 9.53. The summed E-state index contributed by atoms with van der Waals surface area (Å²) in [6.07, 6.45) is 4.59. The number of rotatable bonds is 1. The molecule has 0 heterocycles. The molecule has 4 atom stereocenters. The zero-order valence-electron chi connectivity index (χ0n) is 16.4. The van der Waals surface area contributed by atoms with Gasteiger partial charge in [-0.2, -0.15) is 0 Å². The molecule has 24 heavy (non-hydrogen) atoms. The van der Waals surface area contributed by atoms with Crippen molar-refractivity contribution in [2.24, 2.45) is 28.1 Å². The van der Waals surface area contributed by atoms with Gasteiger partial charge in [0.05, 0.1) is 0 Å². The van der Waals surface area contributed by atoms with Crippen LogP contribution in [0.15, 0.2) is 29.8 Å². The molecule has 1 spiro atoms. The summed E-state index contributed by atoms with van der Waals surface area (Å²) in [5.41, 5.74) is 3.82. The minimum atomic E-state index is -0.126. The van der Waals surface area contributed by atoms with E-state index in [1.54, 1.807) is 0 Å². The fourth-order valence-electron chi connectivity index (χ4n) is 6.27. The lowest BCUT2D eigenvalue weighted by Crippen LogP contribution is -2.40. The minimum Gasteiger partial charge on any atom is -0.294 e. The number of hydrogen-bond donors (Lipinski definition) is 0. The molecule has 0 saturated heterocycles. The summed E-state index contributed by atoms with van der Waals surface area (Å²) < 4.78 is 0. The maximum absolute atomic E-state index is 13.1. The third-order valence-corrected chi connectivity index (χ3v) is 7.46. The molecular weight excluding hydrogens is 292 g/mol. The highest BCUT2D eigenvalue weighted by Crippen LogP contribution is 2.93. The van der Waals surface area contributed by atoms with Crippen molar-refractivity contribution < 1.29 is 4.79 Å². The number of Topliss-reactive ketones (excluding diaryl/α,β-unsaturated/α-hetero) is 1. The minimum absolute atomic E-state index is 0.126. The summed E-state index contributed by atoms with van der Waals surface area (Å²) in [6.45, 7) is 15.5. The molecule has 3 aliphatic rings. The van der Waals surface area contributed by atoms with E-state index in [4.69, 9.17) is 0 Å². The number of carbonyl (C=O) groups excluding carboxylic acids is 1. The van der Waals surface area contributed by atoms with E-state index in [0.29, 0.717) is 17.6 Å². The van der Waals surface area contributed by atoms with Gasteiger partial charge in [-0.3, -0.25) is 4.79 Å². The van der Waals surface area contributed by atoms with Gasteiger partial charge in [0, 0.05) is 11.0 Å². The first-order valence-corrected chi connectivity index (χ1v) is 9.53. The third-order valence-electron chi connectivity index (χ3n) is 7.46. The summed E-state index contributed by atoms with van der Waals surface area (Å²) >= 11 is 0. The van der Waals surface area contributed by atoms with Crippen LogP contribution in [0.4, 0.5) is 0 Å². The van der Waals surface area contributed by atoms with Crippen LogP contribution in [0.2, 0.25) is 0 Å². The van der Waals surface area contributed by atoms with Crippen LogP contribution in [0.5, 0.6) is 0 Å². The highest BCUT2D eigenvalue weighted by atomic mass is 16.1. The van der Waals surface area contributed by atoms with E-state index in [9.17, 15) is 4.79 Å². The Morgan fingerprint density at radius 2 is 1.67 bits per heavy atom. The molecule has 3 saturated carbocycles. The Morgan fingerprint density at radius 1 is 1.12 bits per heavy atom. The second kappa shape index (κ2) is 5.31. The summed E-state index contributed by atoms with van der Waals surface area (Å²) in [5, 5.41) is 0. The van der Waals surface area contributed by atoms with E-state index in [2.05, 4.69) is 78.8 Å². The highest BCUT2D eigenvalue weighted by molar-refractivity contribution is 6.11. The number of carbonyl (C=O) groups is 1. The Balaban J connectivity index is 0.000000526. The Bertz CT molecular complexity index is 693. The lowest BCUT2D eigenvalue weighted by Gasteiger charge is -2.45. The second-order valence-corrected chi connectivity index (χ2v) is 8.85. The number of benzene rings is 1. The fraction of sp³-hybridized carbons (Fsp3) is 0.609. The maximum Gasteiger partial charge on any atom is 0.166 e. The molecule has 0 aliphatic heterocycles. The van der Waals surface area contributed by atoms with Gasteiger partial charge < -0.3 is 0 Å². The quantitative estimate of drug-likeness (QED) is 0.573. The molecule has 130 valence electrons. The van der Waals surface area contributed by atoms with E-state index < -0.39 is 0 Å². The van der Waals surface area contributed by atoms with Crippen molar-refractivity contribution >= 4 is 11.9 Å². The van der Waals surface area contributed by atoms with Gasteiger partial charge in [-0.15, -0.1) is 0 Å². The smallest absolute Gasteiger partial charge is 0.166 e. The summed E-state index contributed by atoms with van der Waals surface area (Å²) in [6, 6.07) is 8.50. The van der Waals surface area contributed by atoms with Crippen molar-refractivity contribution in [2.75, 3.05) is 0 Å². The van der Waals surface area contributed by atoms with Gasteiger partial charge in [0.25, 0.3) is 0 Å². The van der Waals surface area contributed by atoms with Crippen LogP contribution in [-0.4, -0.2) is 5.78 Å². The van der Waals surface area contributed by atoms with Gasteiger partial charge in [0.2, 0.25) is 0 Å². The predicted molar refractivity (Wildman–Crippen MR) is 102 cm³/mol. The van der Waals surface area contributed by atoms with Crippen molar-refractivity contribution in [3.05, 3.63) is 41.0 Å². The van der Waals surface area contributed by atoms with Crippen LogP contribution in [0.25, 0.3) is 6.08 Å². The number of allylic oxidation sites excluding steroid dienone is 1. The van der Waals surface area contributed by atoms with Crippen molar-refractivity contribution in [1.29, 1.82) is 0 Å². The lowest BCUT2D eigenvalue weighted by molar-refractivity contribution is -0.120. The van der Waals surface area contributed by atoms with E-state index in [1.807, 2.05) is 0 Å². The first-order chi connectivity index (χ1) is 11.2. The third kappa shape index (κ3) is 1.74. The maximum atomic E-state index is 13.1. The normalized spacial score (nSPS) is 39.5. The standard InChI is InChI=1S/C20H24O.C3H8/c1-12-6-8-14(9-7-12)11-15-16-10-13(2)20(16)18(3,4)19(20,5)17(15)21;1-3-2/h6-9,11,13,16H,10H2,1-5H3;3H2,1-2H3/b15-11-;. The molecule has 1 heteroatoms. The van der Waals surface area contributed by atoms with Crippen LogP contribution >= 0.6 is 0 Å². The Hall–Kier alpha value is -1.37. The number of ketones is 1. The Morgan fingerprint density at radius 3 is 2.12 bits per heavy atom. The van der Waals surface area contributed by atoms with E-state index in [1.165, 1.54) is 24.0 Å². The van der Waals surface area contributed by atoms with Gasteiger partial charge in [-0.05, 0) is 47.6 Å². The molecular formula is C23H32O. The van der Waals surface area contributed by atoms with Gasteiger partial charge in [0.15, 0.2) is 5.78 Å². The van der Waals surface area contributed by atoms with Crippen molar-refractivity contribution in [3.8, 4) is 0 Å². The van der Waals surface area contributed by atoms with E-state index >= 15 is 0 Å². The average Bonchev–Trinajstić information content (AvgIpc) is 2.89. The van der Waals surface area contributed by atoms with Gasteiger partial charge >= 0.3 is 0 Å². The van der Waals surface area contributed by atoms with Crippen LogP contribution in [0.3, 0.4) is 0 Å². The molecule has 0 N–H and O–H groups in total. The molecule has 1 aromatic carbocycles.